The summed E-state index contributed by atoms with van der Waals surface area (Å²) < 4.78 is 11.9. The van der Waals surface area contributed by atoms with Crippen molar-refractivity contribution in [1.82, 2.24) is 14.9 Å². The van der Waals surface area contributed by atoms with Crippen LogP contribution in [-0.4, -0.2) is 47.6 Å². The number of rotatable bonds is 5. The normalized spacial score (nSPS) is 17.5. The van der Waals surface area contributed by atoms with Crippen LogP contribution in [0.5, 0.6) is 0 Å². The molecular formula is C22H21Cl2N3O4S. The van der Waals surface area contributed by atoms with Crippen LogP contribution < -0.4 is 5.56 Å². The lowest BCUT2D eigenvalue weighted by atomic mass is 9.89. The number of thiazole rings is 1. The van der Waals surface area contributed by atoms with Gasteiger partial charge in [-0.15, -0.1) is 11.3 Å². The van der Waals surface area contributed by atoms with Gasteiger partial charge in [0.1, 0.15) is 0 Å². The molecule has 3 aromatic rings. The van der Waals surface area contributed by atoms with Gasteiger partial charge in [-0.2, -0.15) is 0 Å². The molecular weight excluding hydrogens is 473 g/mol. The average Bonchev–Trinajstić information content (AvgIpc) is 3.22. The van der Waals surface area contributed by atoms with Crippen molar-refractivity contribution in [3.8, 4) is 0 Å². The number of nitrogens with one attached hydrogen (secondary N) is 1. The molecule has 2 aromatic heterocycles. The zero-order valence-electron chi connectivity index (χ0n) is 17.5. The van der Waals surface area contributed by atoms with Gasteiger partial charge in [-0.05, 0) is 25.0 Å². The topological polar surface area (TPSA) is 84.5 Å². The van der Waals surface area contributed by atoms with Gasteiger partial charge in [-0.25, -0.2) is 4.98 Å². The first-order valence-electron chi connectivity index (χ1n) is 10.3. The van der Waals surface area contributed by atoms with E-state index in [4.69, 9.17) is 32.7 Å². The van der Waals surface area contributed by atoms with Crippen molar-refractivity contribution < 1.29 is 14.3 Å². The summed E-state index contributed by atoms with van der Waals surface area (Å²) in [7, 11) is 1.61. The number of halogens is 2. The predicted molar refractivity (Wildman–Crippen MR) is 124 cm³/mol. The molecule has 1 fully saturated rings. The van der Waals surface area contributed by atoms with Gasteiger partial charge in [0.05, 0.1) is 57.7 Å². The molecule has 4 heterocycles. The minimum Gasteiger partial charge on any atom is -0.380 e. The van der Waals surface area contributed by atoms with Crippen LogP contribution in [-0.2, 0) is 22.4 Å². The van der Waals surface area contributed by atoms with Crippen molar-refractivity contribution in [2.24, 2.45) is 5.92 Å². The number of aromatic nitrogens is 2. The van der Waals surface area contributed by atoms with E-state index in [1.807, 2.05) is 13.0 Å². The molecule has 0 radical (unpaired) electrons. The van der Waals surface area contributed by atoms with E-state index >= 15 is 0 Å². The summed E-state index contributed by atoms with van der Waals surface area (Å²) in [6.45, 7) is 3.57. The van der Waals surface area contributed by atoms with Crippen molar-refractivity contribution in [2.75, 3.05) is 26.9 Å². The molecule has 0 saturated carbocycles. The summed E-state index contributed by atoms with van der Waals surface area (Å²) >= 11 is 14.8. The van der Waals surface area contributed by atoms with Crippen LogP contribution in [0.2, 0.25) is 10.0 Å². The second kappa shape index (κ2) is 8.43. The van der Waals surface area contributed by atoms with Crippen LogP contribution in [0.3, 0.4) is 0 Å². The molecule has 168 valence electrons. The average molecular weight is 494 g/mol. The van der Waals surface area contributed by atoms with E-state index in [1.54, 1.807) is 17.5 Å². The third-order valence-corrected chi connectivity index (χ3v) is 7.94. The van der Waals surface area contributed by atoms with Crippen LogP contribution in [0, 0.1) is 12.8 Å². The number of carbonyl (C=O) groups is 1. The van der Waals surface area contributed by atoms with Gasteiger partial charge in [0.25, 0.3) is 11.5 Å². The standard InChI is InChI=1S/C22H21Cl2N3O4S/c1-10-20-18(25-9-32-20)14(21(28)26-10)6-27-4-3-12-15(23)5-13(17(24)16(12)22(27)29)19(30-2)11-7-31-8-11/h5,9,11,19H,3-4,6-8H2,1-2H3,(H,26,28). The first-order chi connectivity index (χ1) is 15.4. The third kappa shape index (κ3) is 3.45. The minimum absolute atomic E-state index is 0.149. The Bertz CT molecular complexity index is 1280. The van der Waals surface area contributed by atoms with Gasteiger partial charge in [0, 0.05) is 35.9 Å². The summed E-state index contributed by atoms with van der Waals surface area (Å²) in [6, 6.07) is 1.81. The van der Waals surface area contributed by atoms with Crippen LogP contribution >= 0.6 is 34.5 Å². The molecule has 1 amide bonds. The molecule has 1 unspecified atom stereocenters. The lowest BCUT2D eigenvalue weighted by molar-refractivity contribution is -0.105. The smallest absolute Gasteiger partial charge is 0.256 e. The van der Waals surface area contributed by atoms with Crippen LogP contribution in [0.1, 0.15) is 38.8 Å². The number of pyridine rings is 1. The minimum atomic E-state index is -0.309. The van der Waals surface area contributed by atoms with Crippen molar-refractivity contribution in [2.45, 2.75) is 26.0 Å². The van der Waals surface area contributed by atoms with Gasteiger partial charge in [0.15, 0.2) is 0 Å². The molecule has 0 bridgehead atoms. The number of nitrogens with zero attached hydrogens (tertiary/aromatic N) is 2. The largest absolute Gasteiger partial charge is 0.380 e. The number of fused-ring (bicyclic) bond motifs is 2. The van der Waals surface area contributed by atoms with Crippen molar-refractivity contribution in [3.63, 3.8) is 0 Å². The zero-order valence-corrected chi connectivity index (χ0v) is 19.9. The van der Waals surface area contributed by atoms with Crippen LogP contribution in [0.25, 0.3) is 10.2 Å². The van der Waals surface area contributed by atoms with Crippen LogP contribution in [0.15, 0.2) is 16.4 Å². The monoisotopic (exact) mass is 493 g/mol. The molecule has 1 atom stereocenters. The molecule has 1 N–H and O–H groups in total. The van der Waals surface area contributed by atoms with E-state index < -0.39 is 0 Å². The van der Waals surface area contributed by atoms with Crippen molar-refractivity contribution in [3.05, 3.63) is 59.9 Å². The number of H-pyrrole nitrogens is 1. The Morgan fingerprint density at radius 3 is 2.84 bits per heavy atom. The van der Waals surface area contributed by atoms with E-state index in [2.05, 4.69) is 9.97 Å². The van der Waals surface area contributed by atoms with Crippen LogP contribution in [0.4, 0.5) is 0 Å². The molecule has 1 saturated heterocycles. The second-order valence-electron chi connectivity index (χ2n) is 8.13. The molecule has 2 aliphatic rings. The zero-order chi connectivity index (χ0) is 22.6. The Morgan fingerprint density at radius 2 is 2.16 bits per heavy atom. The molecule has 0 aliphatic carbocycles. The van der Waals surface area contributed by atoms with E-state index in [0.717, 1.165) is 16.0 Å². The fourth-order valence-corrected chi connectivity index (χ4v) is 5.93. The maximum atomic E-state index is 13.6. The van der Waals surface area contributed by atoms with Gasteiger partial charge in [-0.3, -0.25) is 9.59 Å². The molecule has 10 heteroatoms. The van der Waals surface area contributed by atoms with Crippen molar-refractivity contribution in [1.29, 1.82) is 0 Å². The highest BCUT2D eigenvalue weighted by Gasteiger charge is 2.36. The highest BCUT2D eigenvalue weighted by Crippen LogP contribution is 2.42. The first kappa shape index (κ1) is 21.9. The summed E-state index contributed by atoms with van der Waals surface area (Å²) in [5.74, 6) is -0.0893. The Morgan fingerprint density at radius 1 is 1.38 bits per heavy atom. The lowest BCUT2D eigenvalue weighted by Gasteiger charge is -2.35. The number of aromatic amines is 1. The Kier molecular flexibility index (Phi) is 5.75. The number of carbonyl (C=O) groups excluding carboxylic acids is 1. The van der Waals surface area contributed by atoms with Gasteiger partial charge < -0.3 is 19.4 Å². The first-order valence-corrected chi connectivity index (χ1v) is 11.9. The SMILES string of the molecule is COC(c1cc(Cl)c2c(c1Cl)C(=O)N(Cc1c(=O)[nH]c(C)c3scnc13)CC2)C1COC1. The number of methoxy groups -OCH3 is 1. The van der Waals surface area contributed by atoms with E-state index in [-0.39, 0.29) is 30.0 Å². The number of ether oxygens (including phenoxy) is 2. The Labute approximate surface area is 198 Å². The number of hydrogen-bond donors (Lipinski definition) is 1. The predicted octanol–water partition coefficient (Wildman–Crippen LogP) is 4.13. The quantitative estimate of drug-likeness (QED) is 0.577. The molecule has 32 heavy (non-hydrogen) atoms. The molecule has 5 rings (SSSR count). The molecule has 0 spiro atoms. The van der Waals surface area contributed by atoms with Gasteiger partial charge >= 0.3 is 0 Å². The van der Waals surface area contributed by atoms with Crippen molar-refractivity contribution >= 4 is 50.7 Å². The number of aryl methyl sites for hydroxylation is 1. The highest BCUT2D eigenvalue weighted by atomic mass is 35.5. The maximum absolute atomic E-state index is 13.6. The molecule has 1 aromatic carbocycles. The third-order valence-electron chi connectivity index (χ3n) is 6.25. The molecule has 2 aliphatic heterocycles. The van der Waals surface area contributed by atoms with Gasteiger partial charge in [0.2, 0.25) is 0 Å². The lowest BCUT2D eigenvalue weighted by Crippen LogP contribution is -2.39. The Balaban J connectivity index is 1.54. The fraction of sp³-hybridized carbons (Fsp3) is 0.409. The maximum Gasteiger partial charge on any atom is 0.256 e. The Hall–Kier alpha value is -1.97. The fourth-order valence-electron chi connectivity index (χ4n) is 4.49. The van der Waals surface area contributed by atoms with E-state index in [9.17, 15) is 9.59 Å². The summed E-state index contributed by atoms with van der Waals surface area (Å²) in [6.07, 6.45) is 0.241. The summed E-state index contributed by atoms with van der Waals surface area (Å²) in [5, 5.41) is 0.860. The van der Waals surface area contributed by atoms with E-state index in [0.29, 0.717) is 58.4 Å². The summed E-state index contributed by atoms with van der Waals surface area (Å²) in [4.78, 5) is 35.1. The number of amides is 1. The highest BCUT2D eigenvalue weighted by molar-refractivity contribution is 7.16. The van der Waals surface area contributed by atoms with E-state index in [1.165, 1.54) is 11.3 Å². The van der Waals surface area contributed by atoms with Gasteiger partial charge in [-0.1, -0.05) is 23.2 Å². The number of benzene rings is 1. The summed E-state index contributed by atoms with van der Waals surface area (Å²) in [5.41, 5.74) is 5.17. The molecule has 7 nitrogen and oxygen atoms in total. The number of hydrogen-bond acceptors (Lipinski definition) is 6. The second-order valence-corrected chi connectivity index (χ2v) is 9.77.